The predicted molar refractivity (Wildman–Crippen MR) is 108 cm³/mol. The number of aliphatic hydroxyl groups is 1. The minimum absolute atomic E-state index is 0.134. The van der Waals surface area contributed by atoms with Gasteiger partial charge in [-0.05, 0) is 19.3 Å². The van der Waals surface area contributed by atoms with Crippen molar-refractivity contribution in [2.24, 2.45) is 0 Å². The van der Waals surface area contributed by atoms with Gasteiger partial charge in [0.1, 0.15) is 6.10 Å². The number of unbranched alkanes of at least 4 members (excludes halogenated alkanes) is 3. The maximum absolute atomic E-state index is 12.3. The summed E-state index contributed by atoms with van der Waals surface area (Å²) in [4.78, 5) is 36.6. The summed E-state index contributed by atoms with van der Waals surface area (Å²) < 4.78 is 21.7. The van der Waals surface area contributed by atoms with Crippen molar-refractivity contribution >= 4 is 17.9 Å². The average molecular weight is 427 g/mol. The molecule has 0 aromatic heterocycles. The molecule has 1 N–H and O–H groups in total. The van der Waals surface area contributed by atoms with Crippen molar-refractivity contribution in [2.45, 2.75) is 109 Å². The van der Waals surface area contributed by atoms with E-state index in [0.717, 1.165) is 19.3 Å². The third-order valence-electron chi connectivity index (χ3n) is 4.67. The zero-order valence-electron chi connectivity index (χ0n) is 18.1. The standard InChI is InChI=1S/C22H34O8/c1-5-9-12-16(23)28-20-19(26)15(8-4)27-22(30-18(25)14-11-7-3)21(20)29-17(24)13-10-6-2/h4,15,19-22,26H,5-7,9-14H2,1-3H3/t15?,19-,20?,21?,22?/m1/s1. The van der Waals surface area contributed by atoms with E-state index in [2.05, 4.69) is 5.92 Å². The van der Waals surface area contributed by atoms with Crippen molar-refractivity contribution in [2.75, 3.05) is 0 Å². The van der Waals surface area contributed by atoms with E-state index in [1.54, 1.807) is 0 Å². The molecular formula is C22H34O8. The second-order valence-electron chi connectivity index (χ2n) is 7.29. The normalized spacial score (nSPS) is 25.8. The van der Waals surface area contributed by atoms with Crippen LogP contribution in [0.15, 0.2) is 0 Å². The molecule has 30 heavy (non-hydrogen) atoms. The van der Waals surface area contributed by atoms with Crippen molar-refractivity contribution < 1.29 is 38.4 Å². The van der Waals surface area contributed by atoms with E-state index < -0.39 is 48.6 Å². The first-order valence-corrected chi connectivity index (χ1v) is 10.8. The Hall–Kier alpha value is -2.11. The van der Waals surface area contributed by atoms with Crippen LogP contribution in [0.3, 0.4) is 0 Å². The molecule has 5 atom stereocenters. The van der Waals surface area contributed by atoms with Gasteiger partial charge in [0.25, 0.3) is 0 Å². The van der Waals surface area contributed by atoms with Crippen LogP contribution in [0.4, 0.5) is 0 Å². The van der Waals surface area contributed by atoms with E-state index in [4.69, 9.17) is 25.4 Å². The van der Waals surface area contributed by atoms with Gasteiger partial charge in [-0.2, -0.15) is 0 Å². The molecule has 1 aliphatic rings. The zero-order chi connectivity index (χ0) is 22.5. The van der Waals surface area contributed by atoms with Crippen LogP contribution in [0.1, 0.15) is 78.6 Å². The molecule has 1 heterocycles. The van der Waals surface area contributed by atoms with E-state index in [9.17, 15) is 19.5 Å². The van der Waals surface area contributed by atoms with Crippen LogP contribution in [0.5, 0.6) is 0 Å². The minimum atomic E-state index is -1.44. The summed E-state index contributed by atoms with van der Waals surface area (Å²) in [5.74, 6) is 0.569. The van der Waals surface area contributed by atoms with Crippen LogP contribution >= 0.6 is 0 Å². The summed E-state index contributed by atoms with van der Waals surface area (Å²) >= 11 is 0. The Kier molecular flexibility index (Phi) is 12.1. The smallest absolute Gasteiger partial charge is 0.308 e. The number of carbonyl (C=O) groups is 3. The van der Waals surface area contributed by atoms with Gasteiger partial charge in [0.05, 0.1) is 0 Å². The molecule has 1 saturated heterocycles. The number of ether oxygens (including phenoxy) is 4. The summed E-state index contributed by atoms with van der Waals surface area (Å²) in [6.45, 7) is 5.78. The molecule has 0 amide bonds. The van der Waals surface area contributed by atoms with Crippen LogP contribution in [0, 0.1) is 12.3 Å². The molecule has 4 unspecified atom stereocenters. The van der Waals surface area contributed by atoms with Crippen molar-refractivity contribution in [1.29, 1.82) is 0 Å². The molecular weight excluding hydrogens is 392 g/mol. The Labute approximate surface area is 178 Å². The topological polar surface area (TPSA) is 108 Å². The Morgan fingerprint density at radius 2 is 1.27 bits per heavy atom. The molecule has 0 bridgehead atoms. The number of carbonyl (C=O) groups excluding carboxylic acids is 3. The highest BCUT2D eigenvalue weighted by molar-refractivity contribution is 5.71. The molecule has 0 radical (unpaired) electrons. The average Bonchev–Trinajstić information content (AvgIpc) is 2.73. The quantitative estimate of drug-likeness (QED) is 0.288. The van der Waals surface area contributed by atoms with Gasteiger partial charge in [-0.15, -0.1) is 6.42 Å². The van der Waals surface area contributed by atoms with E-state index in [0.29, 0.717) is 19.3 Å². The van der Waals surface area contributed by atoms with Crippen molar-refractivity contribution in [3.8, 4) is 12.3 Å². The molecule has 0 aliphatic carbocycles. The number of terminal acetylenes is 1. The molecule has 0 saturated carbocycles. The van der Waals surface area contributed by atoms with E-state index in [-0.39, 0.29) is 19.3 Å². The van der Waals surface area contributed by atoms with Gasteiger partial charge in [0.2, 0.25) is 12.4 Å². The maximum atomic E-state index is 12.3. The van der Waals surface area contributed by atoms with Gasteiger partial charge in [0.15, 0.2) is 12.2 Å². The molecule has 0 aromatic rings. The van der Waals surface area contributed by atoms with Gasteiger partial charge in [-0.25, -0.2) is 0 Å². The predicted octanol–water partition coefficient (Wildman–Crippen LogP) is 2.64. The summed E-state index contributed by atoms with van der Waals surface area (Å²) in [5, 5.41) is 10.6. The largest absolute Gasteiger partial charge is 0.455 e. The van der Waals surface area contributed by atoms with Crippen molar-refractivity contribution in [3.63, 3.8) is 0 Å². The molecule has 1 aliphatic heterocycles. The lowest BCUT2D eigenvalue weighted by atomic mass is 9.98. The number of aliphatic hydroxyl groups excluding tert-OH is 1. The minimum Gasteiger partial charge on any atom is -0.455 e. The third-order valence-corrected chi connectivity index (χ3v) is 4.67. The van der Waals surface area contributed by atoms with Gasteiger partial charge in [-0.3, -0.25) is 14.4 Å². The van der Waals surface area contributed by atoms with Gasteiger partial charge >= 0.3 is 17.9 Å². The summed E-state index contributed by atoms with van der Waals surface area (Å²) in [6, 6.07) is 0. The summed E-state index contributed by atoms with van der Waals surface area (Å²) in [5.41, 5.74) is 0. The fraction of sp³-hybridized carbons (Fsp3) is 0.773. The molecule has 8 nitrogen and oxygen atoms in total. The second kappa shape index (κ2) is 14.0. The lowest BCUT2D eigenvalue weighted by Crippen LogP contribution is -2.61. The lowest BCUT2D eigenvalue weighted by molar-refractivity contribution is -0.285. The second-order valence-corrected chi connectivity index (χ2v) is 7.29. The Morgan fingerprint density at radius 3 is 1.70 bits per heavy atom. The molecule has 8 heteroatoms. The van der Waals surface area contributed by atoms with Crippen LogP contribution < -0.4 is 0 Å². The molecule has 1 fully saturated rings. The SMILES string of the molecule is C#CC1OC(OC(=O)CCCC)C(OC(=O)CCCC)C(OC(=O)CCCC)[C@@H]1O. The van der Waals surface area contributed by atoms with Crippen molar-refractivity contribution in [3.05, 3.63) is 0 Å². The van der Waals surface area contributed by atoms with Crippen LogP contribution in [0.25, 0.3) is 0 Å². The van der Waals surface area contributed by atoms with E-state index in [1.807, 2.05) is 20.8 Å². The Bertz CT molecular complexity index is 596. The maximum Gasteiger partial charge on any atom is 0.308 e. The summed E-state index contributed by atoms with van der Waals surface area (Å²) in [6.07, 6.45) is 3.40. The highest BCUT2D eigenvalue weighted by Gasteiger charge is 2.51. The highest BCUT2D eigenvalue weighted by atomic mass is 16.7. The number of hydrogen-bond donors (Lipinski definition) is 1. The first-order chi connectivity index (χ1) is 14.4. The van der Waals surface area contributed by atoms with Crippen LogP contribution in [0.2, 0.25) is 0 Å². The zero-order valence-corrected chi connectivity index (χ0v) is 18.1. The summed E-state index contributed by atoms with van der Waals surface area (Å²) in [7, 11) is 0. The number of hydrogen-bond acceptors (Lipinski definition) is 8. The Balaban J connectivity index is 3.07. The molecule has 0 aromatic carbocycles. The van der Waals surface area contributed by atoms with Crippen molar-refractivity contribution in [1.82, 2.24) is 0 Å². The van der Waals surface area contributed by atoms with E-state index in [1.165, 1.54) is 0 Å². The van der Waals surface area contributed by atoms with Gasteiger partial charge in [-0.1, -0.05) is 46.0 Å². The Morgan fingerprint density at radius 1 is 0.833 bits per heavy atom. The van der Waals surface area contributed by atoms with E-state index >= 15 is 0 Å². The van der Waals surface area contributed by atoms with Gasteiger partial charge in [0, 0.05) is 19.3 Å². The lowest BCUT2D eigenvalue weighted by Gasteiger charge is -2.41. The van der Waals surface area contributed by atoms with Crippen LogP contribution in [-0.4, -0.2) is 53.7 Å². The first-order valence-electron chi connectivity index (χ1n) is 10.8. The van der Waals surface area contributed by atoms with Crippen LogP contribution in [-0.2, 0) is 33.3 Å². The van der Waals surface area contributed by atoms with Gasteiger partial charge < -0.3 is 24.1 Å². The molecule has 1 rings (SSSR count). The monoisotopic (exact) mass is 426 g/mol. The first kappa shape index (κ1) is 25.9. The fourth-order valence-electron chi connectivity index (χ4n) is 2.89. The fourth-order valence-corrected chi connectivity index (χ4v) is 2.89. The number of esters is 3. The highest BCUT2D eigenvalue weighted by Crippen LogP contribution is 2.28. The molecule has 170 valence electrons. The third kappa shape index (κ3) is 8.33. The molecule has 0 spiro atoms. The number of rotatable bonds is 12.